The number of hydrogen-bond donors (Lipinski definition) is 0. The van der Waals surface area contributed by atoms with E-state index < -0.39 is 19.8 Å². The summed E-state index contributed by atoms with van der Waals surface area (Å²) in [4.78, 5) is 0. The molecule has 0 amide bonds. The minimum atomic E-state index is -3.15. The molecule has 0 bridgehead atoms. The van der Waals surface area contributed by atoms with E-state index in [0.29, 0.717) is 13.1 Å². The lowest BCUT2D eigenvalue weighted by Gasteiger charge is -2.35. The van der Waals surface area contributed by atoms with Gasteiger partial charge in [-0.25, -0.2) is 13.7 Å². The molecule has 1 atom stereocenters. The SMILES string of the molecule is ClP1(Cl)=NP(Cl)(N(Cc2ccccc2)Cc2ccccc2)=NP(c2ccccc2)(c2ccccc2)=N1. The van der Waals surface area contributed by atoms with E-state index in [1.54, 1.807) is 0 Å². The summed E-state index contributed by atoms with van der Waals surface area (Å²) >= 11 is 21.4. The molecule has 5 rings (SSSR count). The molecule has 0 N–H and O–H groups in total. The Morgan fingerprint density at radius 1 is 0.500 bits per heavy atom. The van der Waals surface area contributed by atoms with Crippen molar-refractivity contribution in [1.29, 1.82) is 0 Å². The molecule has 0 spiro atoms. The van der Waals surface area contributed by atoms with E-state index in [9.17, 15) is 0 Å². The van der Waals surface area contributed by atoms with Crippen molar-refractivity contribution in [2.45, 2.75) is 13.1 Å². The summed E-state index contributed by atoms with van der Waals surface area (Å²) in [5, 5.41) is 1.92. The Labute approximate surface area is 227 Å². The van der Waals surface area contributed by atoms with Gasteiger partial charge >= 0.3 is 0 Å². The summed E-state index contributed by atoms with van der Waals surface area (Å²) in [5.74, 6) is -3.15. The van der Waals surface area contributed by atoms with Gasteiger partial charge in [-0.15, -0.1) is 0 Å². The minimum absolute atomic E-state index is 0.553. The fraction of sp³-hybridized carbons (Fsp3) is 0.0769. The molecule has 0 saturated heterocycles. The van der Waals surface area contributed by atoms with Crippen molar-refractivity contribution < 1.29 is 0 Å². The smallest absolute Gasteiger partial charge is 0.231 e. The molecular weight excluding hydrogens is 568 g/mol. The summed E-state index contributed by atoms with van der Waals surface area (Å²) < 4.78 is 17.4. The number of halogens is 3. The van der Waals surface area contributed by atoms with Gasteiger partial charge in [-0.2, -0.15) is 4.52 Å². The molecule has 10 heteroatoms. The second-order valence-corrected chi connectivity index (χ2v) is 19.8. The van der Waals surface area contributed by atoms with E-state index in [1.807, 2.05) is 97.1 Å². The van der Waals surface area contributed by atoms with Crippen LogP contribution in [-0.4, -0.2) is 4.67 Å². The largest absolute Gasteiger partial charge is 0.256 e. The van der Waals surface area contributed by atoms with Gasteiger partial charge in [0.05, 0.1) is 0 Å². The zero-order valence-electron chi connectivity index (χ0n) is 19.2. The Bertz CT molecular complexity index is 1410. The highest BCUT2D eigenvalue weighted by Crippen LogP contribution is 2.84. The van der Waals surface area contributed by atoms with Crippen molar-refractivity contribution in [1.82, 2.24) is 4.67 Å². The summed E-state index contributed by atoms with van der Waals surface area (Å²) in [6.07, 6.45) is 0. The second kappa shape index (κ2) is 11.0. The lowest BCUT2D eigenvalue weighted by molar-refractivity contribution is 0.446. The van der Waals surface area contributed by atoms with Gasteiger partial charge in [-0.05, 0) is 44.8 Å². The predicted molar refractivity (Wildman–Crippen MR) is 160 cm³/mol. The molecule has 184 valence electrons. The highest BCUT2D eigenvalue weighted by molar-refractivity contribution is 8.16. The van der Waals surface area contributed by atoms with Gasteiger partial charge in [0.25, 0.3) is 5.91 Å². The van der Waals surface area contributed by atoms with Gasteiger partial charge in [-0.1, -0.05) is 121 Å². The molecule has 4 aromatic carbocycles. The number of rotatable bonds is 7. The average molecular weight is 592 g/mol. The first-order valence-corrected chi connectivity index (χ1v) is 19.1. The van der Waals surface area contributed by atoms with E-state index in [2.05, 4.69) is 28.9 Å². The lowest BCUT2D eigenvalue weighted by atomic mass is 10.2. The monoisotopic (exact) mass is 590 g/mol. The molecule has 1 aliphatic heterocycles. The molecule has 1 heterocycles. The topological polar surface area (TPSA) is 40.3 Å². The van der Waals surface area contributed by atoms with Crippen molar-refractivity contribution in [2.75, 3.05) is 0 Å². The number of hydrogen-bond acceptors (Lipinski definition) is 4. The molecule has 1 aliphatic rings. The Morgan fingerprint density at radius 3 is 1.31 bits per heavy atom. The maximum absolute atomic E-state index is 7.54. The normalized spacial score (nSPS) is 20.1. The molecule has 36 heavy (non-hydrogen) atoms. The third kappa shape index (κ3) is 5.77. The molecule has 1 unspecified atom stereocenters. The average Bonchev–Trinajstić information content (AvgIpc) is 2.89. The molecule has 0 radical (unpaired) electrons. The highest BCUT2D eigenvalue weighted by Gasteiger charge is 2.40. The van der Waals surface area contributed by atoms with E-state index in [0.717, 1.165) is 21.7 Å². The maximum atomic E-state index is 7.54. The van der Waals surface area contributed by atoms with Crippen LogP contribution in [-0.2, 0) is 13.1 Å². The van der Waals surface area contributed by atoms with Crippen LogP contribution >= 0.6 is 53.5 Å². The predicted octanol–water partition coefficient (Wildman–Crippen LogP) is 10.1. The van der Waals surface area contributed by atoms with Crippen molar-refractivity contribution >= 4 is 64.2 Å². The molecule has 0 aliphatic carbocycles. The van der Waals surface area contributed by atoms with Crippen LogP contribution in [0, 0.1) is 0 Å². The van der Waals surface area contributed by atoms with Gasteiger partial charge in [0.15, 0.2) is 0 Å². The Balaban J connectivity index is 1.76. The van der Waals surface area contributed by atoms with Gasteiger partial charge in [-0.3, -0.25) is 0 Å². The van der Waals surface area contributed by atoms with Crippen LogP contribution in [0.3, 0.4) is 0 Å². The summed E-state index contributed by atoms with van der Waals surface area (Å²) in [6.45, 7) is -1.98. The molecule has 0 aromatic heterocycles. The van der Waals surface area contributed by atoms with Crippen LogP contribution in [0.15, 0.2) is 135 Å². The zero-order valence-corrected chi connectivity index (χ0v) is 24.2. The maximum Gasteiger partial charge on any atom is 0.256 e. The summed E-state index contributed by atoms with van der Waals surface area (Å²) in [7, 11) is -2.78. The third-order valence-electron chi connectivity index (χ3n) is 5.71. The van der Waals surface area contributed by atoms with Crippen LogP contribution < -0.4 is 10.6 Å². The van der Waals surface area contributed by atoms with Crippen LogP contribution in [0.1, 0.15) is 11.1 Å². The fourth-order valence-corrected chi connectivity index (χ4v) is 20.0. The molecule has 0 fully saturated rings. The van der Waals surface area contributed by atoms with Crippen LogP contribution in [0.2, 0.25) is 0 Å². The van der Waals surface area contributed by atoms with E-state index in [1.165, 1.54) is 0 Å². The minimum Gasteiger partial charge on any atom is -0.231 e. The summed E-state index contributed by atoms with van der Waals surface area (Å²) in [5.41, 5.74) is 2.22. The number of benzene rings is 4. The van der Waals surface area contributed by atoms with Gasteiger partial charge in [0, 0.05) is 23.7 Å². The van der Waals surface area contributed by atoms with Crippen molar-refractivity contribution in [3.63, 3.8) is 0 Å². The second-order valence-electron chi connectivity index (χ2n) is 8.29. The summed E-state index contributed by atoms with van der Waals surface area (Å²) in [6, 6.07) is 40.4. The zero-order chi connectivity index (χ0) is 25.1. The molecule has 4 aromatic rings. The Kier molecular flexibility index (Phi) is 7.97. The van der Waals surface area contributed by atoms with Crippen LogP contribution in [0.4, 0.5) is 0 Å². The highest BCUT2D eigenvalue weighted by atomic mass is 35.9. The van der Waals surface area contributed by atoms with Crippen molar-refractivity contribution in [2.24, 2.45) is 13.5 Å². The lowest BCUT2D eigenvalue weighted by Crippen LogP contribution is -2.20. The molecular formula is C26H24Cl3N4P3. The first-order valence-electron chi connectivity index (χ1n) is 11.3. The first kappa shape index (κ1) is 26.0. The molecule has 4 nitrogen and oxygen atoms in total. The van der Waals surface area contributed by atoms with Crippen molar-refractivity contribution in [3.05, 3.63) is 132 Å². The van der Waals surface area contributed by atoms with Crippen LogP contribution in [0.25, 0.3) is 0 Å². The third-order valence-corrected chi connectivity index (χ3v) is 18.7. The van der Waals surface area contributed by atoms with Crippen molar-refractivity contribution in [3.8, 4) is 0 Å². The number of nitrogens with zero attached hydrogens (tertiary/aromatic N) is 4. The van der Waals surface area contributed by atoms with Gasteiger partial charge < -0.3 is 0 Å². The standard InChI is InChI=1S/C26H24Cl3N4P3/c27-35(28)30-34(25-17-9-3-10-18-25,26-19-11-4-12-20-26)31-36(29,32-35)33(21-23-13-5-1-6-14-23)22-24-15-7-2-8-16-24/h1-20H,21-22H2. The van der Waals surface area contributed by atoms with Gasteiger partial charge in [0.2, 0.25) is 6.71 Å². The fourth-order valence-electron chi connectivity index (χ4n) is 4.08. The van der Waals surface area contributed by atoms with E-state index >= 15 is 0 Å². The Hall–Kier alpha value is -1.60. The van der Waals surface area contributed by atoms with E-state index in [4.69, 9.17) is 47.3 Å². The molecule has 0 saturated carbocycles. The quantitative estimate of drug-likeness (QED) is 0.197. The van der Waals surface area contributed by atoms with Crippen LogP contribution in [0.5, 0.6) is 0 Å². The van der Waals surface area contributed by atoms with E-state index in [-0.39, 0.29) is 0 Å². The Morgan fingerprint density at radius 2 is 0.889 bits per heavy atom. The van der Waals surface area contributed by atoms with Gasteiger partial charge in [0.1, 0.15) is 7.21 Å². The first-order chi connectivity index (χ1) is 17.4.